The van der Waals surface area contributed by atoms with E-state index in [0.717, 1.165) is 0 Å². The van der Waals surface area contributed by atoms with E-state index in [9.17, 15) is 14.7 Å². The van der Waals surface area contributed by atoms with Crippen molar-refractivity contribution in [2.24, 2.45) is 0 Å². The molecule has 1 atom stereocenters. The first kappa shape index (κ1) is 14.3. The fourth-order valence-corrected chi connectivity index (χ4v) is 2.92. The van der Waals surface area contributed by atoms with Crippen LogP contribution in [-0.2, 0) is 9.59 Å². The summed E-state index contributed by atoms with van der Waals surface area (Å²) in [6.07, 6.45) is 4.61. The third-order valence-corrected chi connectivity index (χ3v) is 3.73. The maximum Gasteiger partial charge on any atom is 1.00 e. The minimum Gasteiger partial charge on any atom is -0.543 e. The Hall–Kier alpha value is -1.15. The Bertz CT molecular complexity index is 602. The largest absolute Gasteiger partial charge is 1.00 e. The zero-order chi connectivity index (χ0) is 12.7. The molecule has 0 N–H and O–H groups in total. The SMILES string of the molecule is O=C([O-])C1=CSC2/C(=C\c3ccncn3)C(=O)N12.[Na+]. The molecule has 1 amide bonds. The van der Waals surface area contributed by atoms with E-state index in [0.29, 0.717) is 11.3 Å². The van der Waals surface area contributed by atoms with E-state index in [-0.39, 0.29) is 46.5 Å². The normalized spacial score (nSPS) is 22.4. The van der Waals surface area contributed by atoms with Crippen molar-refractivity contribution < 1.29 is 44.3 Å². The number of carboxylic acid groups (broad SMARTS) is 1. The molecule has 2 aliphatic rings. The molecule has 1 saturated heterocycles. The number of fused-ring (bicyclic) bond motifs is 1. The predicted octanol–water partition coefficient (Wildman–Crippen LogP) is -3.63. The average Bonchev–Trinajstić information content (AvgIpc) is 2.77. The number of nitrogens with zero attached hydrogens (tertiary/aromatic N) is 3. The van der Waals surface area contributed by atoms with E-state index >= 15 is 0 Å². The summed E-state index contributed by atoms with van der Waals surface area (Å²) in [6.45, 7) is 0. The standard InChI is InChI=1S/C11H7N3O3S.Na/c15-9-7(3-6-1-2-12-5-13-6)10-14(9)8(4-18-10)11(16)17;/h1-5,10H,(H,16,17);/q;+1/p-1/b7-3-;. The van der Waals surface area contributed by atoms with Crippen molar-refractivity contribution in [2.45, 2.75) is 5.37 Å². The molecule has 8 heteroatoms. The van der Waals surface area contributed by atoms with Gasteiger partial charge in [-0.25, -0.2) is 9.97 Å². The number of β-lactam (4-membered cyclic amide) rings is 1. The number of carboxylic acids is 1. The summed E-state index contributed by atoms with van der Waals surface area (Å²) < 4.78 is 0. The molecular formula is C11H6N3NaO3S. The maximum atomic E-state index is 11.8. The molecule has 0 spiro atoms. The fraction of sp³-hybridized carbons (Fsp3) is 0.0909. The van der Waals surface area contributed by atoms with Gasteiger partial charge in [0.25, 0.3) is 5.91 Å². The molecule has 2 aliphatic heterocycles. The smallest absolute Gasteiger partial charge is 0.543 e. The molecule has 0 aromatic carbocycles. The summed E-state index contributed by atoms with van der Waals surface area (Å²) in [4.78, 5) is 31.6. The van der Waals surface area contributed by atoms with E-state index in [1.165, 1.54) is 28.4 Å². The summed E-state index contributed by atoms with van der Waals surface area (Å²) in [5, 5.41) is 11.9. The van der Waals surface area contributed by atoms with Crippen molar-refractivity contribution in [1.29, 1.82) is 0 Å². The summed E-state index contributed by atoms with van der Waals surface area (Å²) in [5.41, 5.74) is 1.08. The van der Waals surface area contributed by atoms with Gasteiger partial charge in [0.1, 0.15) is 11.7 Å². The van der Waals surface area contributed by atoms with Gasteiger partial charge >= 0.3 is 29.6 Å². The Labute approximate surface area is 134 Å². The quantitative estimate of drug-likeness (QED) is 0.316. The number of aliphatic carboxylic acids is 1. The topological polar surface area (TPSA) is 86.2 Å². The van der Waals surface area contributed by atoms with E-state index in [2.05, 4.69) is 9.97 Å². The minimum absolute atomic E-state index is 0. The first-order chi connectivity index (χ1) is 8.68. The zero-order valence-electron chi connectivity index (χ0n) is 9.94. The van der Waals surface area contributed by atoms with Gasteiger partial charge in [-0.3, -0.25) is 9.69 Å². The van der Waals surface area contributed by atoms with E-state index < -0.39 is 5.97 Å². The molecular weight excluding hydrogens is 277 g/mol. The van der Waals surface area contributed by atoms with Gasteiger partial charge in [0.15, 0.2) is 0 Å². The van der Waals surface area contributed by atoms with Crippen LogP contribution in [0.4, 0.5) is 0 Å². The van der Waals surface area contributed by atoms with Gasteiger partial charge < -0.3 is 9.90 Å². The molecule has 19 heavy (non-hydrogen) atoms. The van der Waals surface area contributed by atoms with Gasteiger partial charge in [0.2, 0.25) is 0 Å². The van der Waals surface area contributed by atoms with Gasteiger partial charge in [-0.05, 0) is 17.6 Å². The van der Waals surface area contributed by atoms with Crippen LogP contribution in [0.1, 0.15) is 5.69 Å². The van der Waals surface area contributed by atoms with Gasteiger partial charge in [0, 0.05) is 6.20 Å². The van der Waals surface area contributed by atoms with Gasteiger partial charge in [0.05, 0.1) is 22.9 Å². The molecule has 0 saturated carbocycles. The number of carbonyl (C=O) groups excluding carboxylic acids is 2. The fourth-order valence-electron chi connectivity index (χ4n) is 1.80. The van der Waals surface area contributed by atoms with E-state index in [1.54, 1.807) is 18.3 Å². The molecule has 6 nitrogen and oxygen atoms in total. The number of hydrogen-bond donors (Lipinski definition) is 0. The van der Waals surface area contributed by atoms with Crippen molar-refractivity contribution >= 4 is 29.7 Å². The first-order valence-electron chi connectivity index (χ1n) is 5.06. The Morgan fingerprint density at radius 2 is 2.32 bits per heavy atom. The maximum absolute atomic E-state index is 11.8. The zero-order valence-corrected chi connectivity index (χ0v) is 12.8. The van der Waals surface area contributed by atoms with Crippen LogP contribution in [0.5, 0.6) is 0 Å². The molecule has 1 aromatic rings. The second-order valence-corrected chi connectivity index (χ2v) is 4.64. The first-order valence-corrected chi connectivity index (χ1v) is 6.01. The second-order valence-electron chi connectivity index (χ2n) is 3.69. The van der Waals surface area contributed by atoms with Crippen LogP contribution in [-0.4, -0.2) is 32.1 Å². The van der Waals surface area contributed by atoms with Crippen LogP contribution in [0, 0.1) is 0 Å². The Balaban J connectivity index is 0.00000133. The van der Waals surface area contributed by atoms with Crippen molar-refractivity contribution in [1.82, 2.24) is 14.9 Å². The van der Waals surface area contributed by atoms with Crippen LogP contribution in [0.15, 0.2) is 35.3 Å². The average molecular weight is 283 g/mol. The van der Waals surface area contributed by atoms with Crippen LogP contribution >= 0.6 is 11.8 Å². The predicted molar refractivity (Wildman–Crippen MR) is 61.3 cm³/mol. The molecule has 1 unspecified atom stereocenters. The van der Waals surface area contributed by atoms with Crippen LogP contribution in [0.2, 0.25) is 0 Å². The van der Waals surface area contributed by atoms with E-state index in [1.807, 2.05) is 0 Å². The van der Waals surface area contributed by atoms with Crippen LogP contribution < -0.4 is 34.7 Å². The molecule has 0 radical (unpaired) electrons. The van der Waals surface area contributed by atoms with Crippen molar-refractivity contribution in [3.05, 3.63) is 41.0 Å². The Morgan fingerprint density at radius 1 is 1.53 bits per heavy atom. The molecule has 90 valence electrons. The summed E-state index contributed by atoms with van der Waals surface area (Å²) in [6, 6.07) is 1.68. The second kappa shape index (κ2) is 5.46. The number of hydrogen-bond acceptors (Lipinski definition) is 6. The molecule has 3 heterocycles. The molecule has 0 bridgehead atoms. The number of rotatable bonds is 2. The molecule has 1 fully saturated rings. The number of aromatic nitrogens is 2. The van der Waals surface area contributed by atoms with Crippen molar-refractivity contribution in [3.63, 3.8) is 0 Å². The Kier molecular flexibility index (Phi) is 4.10. The molecule has 1 aromatic heterocycles. The van der Waals surface area contributed by atoms with Crippen LogP contribution in [0.3, 0.4) is 0 Å². The van der Waals surface area contributed by atoms with Crippen LogP contribution in [0.25, 0.3) is 6.08 Å². The number of amides is 1. The summed E-state index contributed by atoms with van der Waals surface area (Å²) in [5.74, 6) is -1.65. The van der Waals surface area contributed by atoms with Gasteiger partial charge in [-0.1, -0.05) is 0 Å². The van der Waals surface area contributed by atoms with E-state index in [4.69, 9.17) is 0 Å². The summed E-state index contributed by atoms with van der Waals surface area (Å²) in [7, 11) is 0. The number of carbonyl (C=O) groups is 2. The molecule has 3 rings (SSSR count). The summed E-state index contributed by atoms with van der Waals surface area (Å²) >= 11 is 1.27. The minimum atomic E-state index is -1.33. The van der Waals surface area contributed by atoms with Gasteiger partial charge in [-0.2, -0.15) is 0 Å². The molecule has 0 aliphatic carbocycles. The number of thioether (sulfide) groups is 1. The third-order valence-electron chi connectivity index (χ3n) is 2.65. The van der Waals surface area contributed by atoms with Gasteiger partial charge in [-0.15, -0.1) is 11.8 Å². The van der Waals surface area contributed by atoms with Crippen molar-refractivity contribution in [3.8, 4) is 0 Å². The Morgan fingerprint density at radius 3 is 2.95 bits per heavy atom. The van der Waals surface area contributed by atoms with Crippen molar-refractivity contribution in [2.75, 3.05) is 0 Å². The third kappa shape index (κ3) is 2.34. The monoisotopic (exact) mass is 283 g/mol.